The Kier molecular flexibility index (Phi) is 4.54. The van der Waals surface area contributed by atoms with E-state index in [0.717, 1.165) is 5.56 Å². The largest absolute Gasteiger partial charge is 0.489 e. The Morgan fingerprint density at radius 2 is 1.95 bits per heavy atom. The number of nitriles is 1. The van der Waals surface area contributed by atoms with Crippen LogP contribution in [0, 0.1) is 11.3 Å². The van der Waals surface area contributed by atoms with Gasteiger partial charge in [-0.05, 0) is 23.3 Å². The van der Waals surface area contributed by atoms with E-state index in [4.69, 9.17) is 10.00 Å². The van der Waals surface area contributed by atoms with Gasteiger partial charge in [-0.3, -0.25) is 0 Å². The molecule has 0 aliphatic heterocycles. The molecule has 0 radical (unpaired) electrons. The van der Waals surface area contributed by atoms with E-state index in [9.17, 15) is 5.11 Å². The van der Waals surface area contributed by atoms with Crippen LogP contribution in [0.25, 0.3) is 0 Å². The fourth-order valence-corrected chi connectivity index (χ4v) is 1.78. The van der Waals surface area contributed by atoms with E-state index in [2.05, 4.69) is 6.58 Å². The number of benzene rings is 2. The third-order valence-corrected chi connectivity index (χ3v) is 2.90. The molecule has 3 nitrogen and oxygen atoms in total. The molecular weight excluding hydrogens is 250 g/mol. The van der Waals surface area contributed by atoms with Crippen molar-refractivity contribution in [1.29, 1.82) is 5.26 Å². The molecule has 20 heavy (non-hydrogen) atoms. The maximum absolute atomic E-state index is 9.92. The molecule has 2 aromatic rings. The van der Waals surface area contributed by atoms with Crippen LogP contribution in [-0.2, 0) is 6.61 Å². The molecule has 0 heterocycles. The molecule has 0 bridgehead atoms. The van der Waals surface area contributed by atoms with Gasteiger partial charge in [-0.25, -0.2) is 0 Å². The number of rotatable bonds is 5. The number of hydrogen-bond acceptors (Lipinski definition) is 3. The Hall–Kier alpha value is -2.57. The summed E-state index contributed by atoms with van der Waals surface area (Å²) in [6.45, 7) is 3.98. The van der Waals surface area contributed by atoms with Crippen molar-refractivity contribution in [3.8, 4) is 11.8 Å². The van der Waals surface area contributed by atoms with Crippen LogP contribution in [0.1, 0.15) is 17.2 Å². The highest BCUT2D eigenvalue weighted by Gasteiger charge is 2.11. The fraction of sp³-hybridized carbons (Fsp3) is 0.118. The summed E-state index contributed by atoms with van der Waals surface area (Å²) in [5.41, 5.74) is 1.78. The number of nitrogens with zero attached hydrogens (tertiary/aromatic N) is 1. The van der Waals surface area contributed by atoms with Crippen molar-refractivity contribution < 1.29 is 9.84 Å². The normalized spacial score (nSPS) is 11.4. The van der Waals surface area contributed by atoms with Crippen molar-refractivity contribution in [2.75, 3.05) is 0 Å². The molecule has 0 aromatic heterocycles. The summed E-state index contributed by atoms with van der Waals surface area (Å²) in [6.07, 6.45) is -0.986. The van der Waals surface area contributed by atoms with Gasteiger partial charge in [0.25, 0.3) is 0 Å². The van der Waals surface area contributed by atoms with Crippen LogP contribution in [0.5, 0.6) is 5.75 Å². The van der Waals surface area contributed by atoms with E-state index in [1.807, 2.05) is 42.5 Å². The van der Waals surface area contributed by atoms with Crippen LogP contribution in [0.2, 0.25) is 0 Å². The van der Waals surface area contributed by atoms with Crippen molar-refractivity contribution in [1.82, 2.24) is 0 Å². The van der Waals surface area contributed by atoms with E-state index in [-0.39, 0.29) is 5.57 Å². The average Bonchev–Trinajstić information content (AvgIpc) is 2.52. The maximum Gasteiger partial charge on any atom is 0.120 e. The molecule has 0 aliphatic carbocycles. The van der Waals surface area contributed by atoms with Crippen LogP contribution < -0.4 is 4.74 Å². The Balaban J connectivity index is 2.07. The van der Waals surface area contributed by atoms with Crippen molar-refractivity contribution in [2.24, 2.45) is 0 Å². The zero-order valence-corrected chi connectivity index (χ0v) is 11.0. The summed E-state index contributed by atoms with van der Waals surface area (Å²) < 4.78 is 5.67. The summed E-state index contributed by atoms with van der Waals surface area (Å²) >= 11 is 0. The van der Waals surface area contributed by atoms with E-state index >= 15 is 0 Å². The zero-order chi connectivity index (χ0) is 14.4. The van der Waals surface area contributed by atoms with Crippen LogP contribution in [0.3, 0.4) is 0 Å². The molecule has 0 saturated heterocycles. The first-order chi connectivity index (χ1) is 9.70. The van der Waals surface area contributed by atoms with Gasteiger partial charge in [0.2, 0.25) is 0 Å². The van der Waals surface area contributed by atoms with Crippen molar-refractivity contribution >= 4 is 0 Å². The number of aliphatic hydroxyl groups is 1. The molecule has 1 unspecified atom stereocenters. The minimum absolute atomic E-state index is 0.116. The highest BCUT2D eigenvalue weighted by atomic mass is 16.5. The average molecular weight is 265 g/mol. The van der Waals surface area contributed by atoms with Gasteiger partial charge >= 0.3 is 0 Å². The summed E-state index contributed by atoms with van der Waals surface area (Å²) in [6, 6.07) is 18.7. The van der Waals surface area contributed by atoms with Crippen LogP contribution in [0.4, 0.5) is 0 Å². The Morgan fingerprint density at radius 1 is 1.20 bits per heavy atom. The Bertz CT molecular complexity index is 629. The molecule has 0 amide bonds. The summed E-state index contributed by atoms with van der Waals surface area (Å²) in [7, 11) is 0. The van der Waals surface area contributed by atoms with Gasteiger partial charge in [0.05, 0.1) is 11.6 Å². The second kappa shape index (κ2) is 6.55. The SMILES string of the molecule is C=C(C#N)C(O)c1cccc(OCc2ccccc2)c1. The van der Waals surface area contributed by atoms with Gasteiger partial charge in [0, 0.05) is 0 Å². The van der Waals surface area contributed by atoms with Gasteiger partial charge in [-0.15, -0.1) is 0 Å². The van der Waals surface area contributed by atoms with Crippen molar-refractivity contribution in [3.63, 3.8) is 0 Å². The molecule has 1 atom stereocenters. The Morgan fingerprint density at radius 3 is 2.65 bits per heavy atom. The third-order valence-electron chi connectivity index (χ3n) is 2.90. The van der Waals surface area contributed by atoms with Gasteiger partial charge in [-0.1, -0.05) is 49.0 Å². The number of ether oxygens (including phenoxy) is 1. The molecule has 0 saturated carbocycles. The molecule has 2 aromatic carbocycles. The first kappa shape index (κ1) is 13.9. The standard InChI is InChI=1S/C17H15NO2/c1-13(11-18)17(19)15-8-5-9-16(10-15)20-12-14-6-3-2-4-7-14/h2-10,17,19H,1,12H2. The second-order valence-electron chi connectivity index (χ2n) is 4.39. The topological polar surface area (TPSA) is 53.2 Å². The van der Waals surface area contributed by atoms with Gasteiger partial charge < -0.3 is 9.84 Å². The predicted molar refractivity (Wildman–Crippen MR) is 76.9 cm³/mol. The number of hydrogen-bond donors (Lipinski definition) is 1. The molecule has 3 heteroatoms. The highest BCUT2D eigenvalue weighted by Crippen LogP contribution is 2.24. The predicted octanol–water partition coefficient (Wildman–Crippen LogP) is 3.38. The quantitative estimate of drug-likeness (QED) is 0.843. The number of aliphatic hydroxyl groups excluding tert-OH is 1. The summed E-state index contributed by atoms with van der Waals surface area (Å²) in [5.74, 6) is 0.649. The van der Waals surface area contributed by atoms with E-state index in [0.29, 0.717) is 17.9 Å². The van der Waals surface area contributed by atoms with Crippen LogP contribution >= 0.6 is 0 Å². The van der Waals surface area contributed by atoms with Gasteiger partial charge in [-0.2, -0.15) is 5.26 Å². The zero-order valence-electron chi connectivity index (χ0n) is 11.0. The molecule has 2 rings (SSSR count). The molecule has 1 N–H and O–H groups in total. The summed E-state index contributed by atoms with van der Waals surface area (Å²) in [4.78, 5) is 0. The minimum Gasteiger partial charge on any atom is -0.489 e. The minimum atomic E-state index is -0.986. The van der Waals surface area contributed by atoms with Crippen molar-refractivity contribution in [3.05, 3.63) is 77.9 Å². The molecule has 0 aliphatic rings. The lowest BCUT2D eigenvalue weighted by atomic mass is 10.0. The first-order valence-electron chi connectivity index (χ1n) is 6.24. The van der Waals surface area contributed by atoms with Crippen molar-refractivity contribution in [2.45, 2.75) is 12.7 Å². The van der Waals surface area contributed by atoms with Crippen LogP contribution in [-0.4, -0.2) is 5.11 Å². The van der Waals surface area contributed by atoms with Gasteiger partial charge in [0.1, 0.15) is 18.5 Å². The van der Waals surface area contributed by atoms with Crippen LogP contribution in [0.15, 0.2) is 66.7 Å². The third kappa shape index (κ3) is 3.47. The molecule has 0 spiro atoms. The second-order valence-corrected chi connectivity index (χ2v) is 4.39. The fourth-order valence-electron chi connectivity index (χ4n) is 1.78. The smallest absolute Gasteiger partial charge is 0.120 e. The highest BCUT2D eigenvalue weighted by molar-refractivity contribution is 5.36. The van der Waals surface area contributed by atoms with E-state index in [1.165, 1.54) is 0 Å². The molecule has 100 valence electrons. The Labute approximate surface area is 118 Å². The monoisotopic (exact) mass is 265 g/mol. The maximum atomic E-state index is 9.92. The lowest BCUT2D eigenvalue weighted by molar-refractivity contribution is 0.220. The van der Waals surface area contributed by atoms with E-state index < -0.39 is 6.10 Å². The molecular formula is C17H15NO2. The van der Waals surface area contributed by atoms with Gasteiger partial charge in [0.15, 0.2) is 0 Å². The summed E-state index contributed by atoms with van der Waals surface area (Å²) in [5, 5.41) is 18.7. The lowest BCUT2D eigenvalue weighted by Gasteiger charge is -2.11. The lowest BCUT2D eigenvalue weighted by Crippen LogP contribution is -2.00. The first-order valence-corrected chi connectivity index (χ1v) is 6.24. The molecule has 0 fully saturated rings. The van der Waals surface area contributed by atoms with E-state index in [1.54, 1.807) is 18.2 Å².